The summed E-state index contributed by atoms with van der Waals surface area (Å²) in [6.07, 6.45) is 0.960. The number of hydrogen-bond acceptors (Lipinski definition) is 4. The smallest absolute Gasteiger partial charge is 0.117 e. The fourth-order valence-corrected chi connectivity index (χ4v) is 4.38. The van der Waals surface area contributed by atoms with Gasteiger partial charge in [0, 0.05) is 21.7 Å². The molecule has 1 aliphatic heterocycles. The van der Waals surface area contributed by atoms with Gasteiger partial charge in [-0.2, -0.15) is 0 Å². The van der Waals surface area contributed by atoms with Crippen LogP contribution in [0, 0.1) is 6.92 Å². The van der Waals surface area contributed by atoms with Crippen LogP contribution < -0.4 is 5.73 Å². The molecule has 2 N–H and O–H groups in total. The summed E-state index contributed by atoms with van der Waals surface area (Å²) >= 11 is 3.56. The molecule has 1 aliphatic rings. The molecule has 17 heavy (non-hydrogen) atoms. The van der Waals surface area contributed by atoms with Gasteiger partial charge >= 0.3 is 0 Å². The third kappa shape index (κ3) is 1.80. The van der Waals surface area contributed by atoms with Crippen LogP contribution in [0.5, 0.6) is 0 Å². The molecule has 0 aliphatic carbocycles. The van der Waals surface area contributed by atoms with E-state index in [0.717, 1.165) is 22.9 Å². The third-order valence-electron chi connectivity index (χ3n) is 3.12. The van der Waals surface area contributed by atoms with E-state index in [-0.39, 0.29) is 5.54 Å². The summed E-state index contributed by atoms with van der Waals surface area (Å²) in [6, 6.07) is 8.43. The minimum Gasteiger partial charge on any atom is -0.316 e. The largest absolute Gasteiger partial charge is 0.316 e. The van der Waals surface area contributed by atoms with Crippen LogP contribution >= 0.6 is 23.1 Å². The Bertz CT molecular complexity index is 550. The van der Waals surface area contributed by atoms with Gasteiger partial charge in [0.2, 0.25) is 0 Å². The molecule has 88 valence electrons. The Hall–Kier alpha value is -0.840. The van der Waals surface area contributed by atoms with Crippen molar-refractivity contribution in [2.75, 3.05) is 5.75 Å². The van der Waals surface area contributed by atoms with E-state index in [1.165, 1.54) is 10.5 Å². The van der Waals surface area contributed by atoms with Crippen molar-refractivity contribution in [2.24, 2.45) is 5.73 Å². The molecule has 2 heterocycles. The summed E-state index contributed by atoms with van der Waals surface area (Å²) in [5.74, 6) is 1.06. The molecule has 0 amide bonds. The van der Waals surface area contributed by atoms with Crippen molar-refractivity contribution in [3.05, 3.63) is 45.9 Å². The summed E-state index contributed by atoms with van der Waals surface area (Å²) in [5, 5.41) is 3.12. The Kier molecular flexibility index (Phi) is 2.73. The molecule has 3 rings (SSSR count). The molecule has 1 atom stereocenters. The van der Waals surface area contributed by atoms with Gasteiger partial charge in [0.15, 0.2) is 0 Å². The molecule has 2 nitrogen and oxygen atoms in total. The Labute approximate surface area is 109 Å². The number of hydrogen-bond donors (Lipinski definition) is 1. The van der Waals surface area contributed by atoms with E-state index in [9.17, 15) is 0 Å². The van der Waals surface area contributed by atoms with Crippen LogP contribution in [0.3, 0.4) is 0 Å². The lowest BCUT2D eigenvalue weighted by atomic mass is 9.88. The fourth-order valence-electron chi connectivity index (χ4n) is 2.20. The molecular formula is C13H14N2S2. The highest BCUT2D eigenvalue weighted by Crippen LogP contribution is 2.43. The van der Waals surface area contributed by atoms with E-state index in [2.05, 4.69) is 34.6 Å². The molecule has 0 saturated carbocycles. The molecule has 0 bridgehead atoms. The zero-order chi connectivity index (χ0) is 11.9. The second-order valence-corrected chi connectivity index (χ2v) is 6.35. The first kappa shape index (κ1) is 11.3. The SMILES string of the molecule is Cc1csc(C2(N)CCSc3ccccc32)n1. The van der Waals surface area contributed by atoms with Crippen molar-refractivity contribution < 1.29 is 0 Å². The number of aryl methyl sites for hydroxylation is 1. The number of nitrogens with two attached hydrogens (primary N) is 1. The predicted octanol–water partition coefficient (Wildman–Crippen LogP) is 3.15. The van der Waals surface area contributed by atoms with Crippen molar-refractivity contribution in [3.63, 3.8) is 0 Å². The zero-order valence-corrected chi connectivity index (χ0v) is 11.3. The Balaban J connectivity index is 2.15. The maximum absolute atomic E-state index is 6.64. The highest BCUT2D eigenvalue weighted by atomic mass is 32.2. The number of thioether (sulfide) groups is 1. The highest BCUT2D eigenvalue weighted by Gasteiger charge is 2.37. The number of fused-ring (bicyclic) bond motifs is 1. The Morgan fingerprint density at radius 3 is 2.94 bits per heavy atom. The van der Waals surface area contributed by atoms with Crippen LogP contribution in [0.25, 0.3) is 0 Å². The van der Waals surface area contributed by atoms with E-state index in [4.69, 9.17) is 5.73 Å². The molecule has 0 spiro atoms. The molecular weight excluding hydrogens is 248 g/mol. The lowest BCUT2D eigenvalue weighted by molar-refractivity contribution is 0.503. The molecule has 0 fully saturated rings. The average Bonchev–Trinajstić information content (AvgIpc) is 2.77. The number of benzene rings is 1. The minimum absolute atomic E-state index is 0.388. The van der Waals surface area contributed by atoms with Gasteiger partial charge in [-0.25, -0.2) is 4.98 Å². The van der Waals surface area contributed by atoms with E-state index in [1.807, 2.05) is 18.7 Å². The van der Waals surface area contributed by atoms with Crippen molar-refractivity contribution in [2.45, 2.75) is 23.8 Å². The second-order valence-electron chi connectivity index (χ2n) is 4.36. The maximum Gasteiger partial charge on any atom is 0.117 e. The number of aromatic nitrogens is 1. The molecule has 1 aromatic carbocycles. The topological polar surface area (TPSA) is 38.9 Å². The van der Waals surface area contributed by atoms with Crippen molar-refractivity contribution in [3.8, 4) is 0 Å². The van der Waals surface area contributed by atoms with Crippen molar-refractivity contribution in [1.82, 2.24) is 4.98 Å². The normalized spacial score (nSPS) is 23.4. The van der Waals surface area contributed by atoms with Crippen LogP contribution in [-0.2, 0) is 5.54 Å². The van der Waals surface area contributed by atoms with Crippen molar-refractivity contribution >= 4 is 23.1 Å². The van der Waals surface area contributed by atoms with Crippen LogP contribution in [0.2, 0.25) is 0 Å². The molecule has 0 radical (unpaired) electrons. The van der Waals surface area contributed by atoms with Crippen LogP contribution in [0.1, 0.15) is 22.7 Å². The first-order valence-electron chi connectivity index (χ1n) is 5.64. The highest BCUT2D eigenvalue weighted by molar-refractivity contribution is 7.99. The van der Waals surface area contributed by atoms with E-state index in [1.54, 1.807) is 11.3 Å². The lowest BCUT2D eigenvalue weighted by Crippen LogP contribution is -2.40. The third-order valence-corrected chi connectivity index (χ3v) is 5.34. The van der Waals surface area contributed by atoms with Crippen LogP contribution in [-0.4, -0.2) is 10.7 Å². The lowest BCUT2D eigenvalue weighted by Gasteiger charge is -2.33. The first-order chi connectivity index (χ1) is 8.20. The molecule has 2 aromatic rings. The van der Waals surface area contributed by atoms with Gasteiger partial charge in [0.05, 0.1) is 5.54 Å². The van der Waals surface area contributed by atoms with Crippen LogP contribution in [0.15, 0.2) is 34.5 Å². The van der Waals surface area contributed by atoms with Gasteiger partial charge in [-0.3, -0.25) is 0 Å². The van der Waals surface area contributed by atoms with Gasteiger partial charge in [-0.05, 0) is 25.0 Å². The Morgan fingerprint density at radius 2 is 2.18 bits per heavy atom. The predicted molar refractivity (Wildman–Crippen MR) is 73.6 cm³/mol. The Morgan fingerprint density at radius 1 is 1.35 bits per heavy atom. The summed E-state index contributed by atoms with van der Waals surface area (Å²) in [6.45, 7) is 2.02. The summed E-state index contributed by atoms with van der Waals surface area (Å²) < 4.78 is 0. The molecule has 1 unspecified atom stereocenters. The standard InChI is InChI=1S/C13H14N2S2/c1-9-8-17-12(15-9)13(14)6-7-16-11-5-3-2-4-10(11)13/h2-5,8H,6-7,14H2,1H3. The number of thiazole rings is 1. The number of nitrogens with zero attached hydrogens (tertiary/aromatic N) is 1. The fraction of sp³-hybridized carbons (Fsp3) is 0.308. The number of rotatable bonds is 1. The minimum atomic E-state index is -0.388. The van der Waals surface area contributed by atoms with Gasteiger partial charge in [0.1, 0.15) is 5.01 Å². The first-order valence-corrected chi connectivity index (χ1v) is 7.50. The van der Waals surface area contributed by atoms with Gasteiger partial charge < -0.3 is 5.73 Å². The average molecular weight is 262 g/mol. The quantitative estimate of drug-likeness (QED) is 0.858. The maximum atomic E-state index is 6.64. The second kappa shape index (κ2) is 4.12. The molecule has 1 aromatic heterocycles. The zero-order valence-electron chi connectivity index (χ0n) is 9.64. The van der Waals surface area contributed by atoms with Gasteiger partial charge in [0.25, 0.3) is 0 Å². The van der Waals surface area contributed by atoms with Crippen molar-refractivity contribution in [1.29, 1.82) is 0 Å². The molecule has 0 saturated heterocycles. The van der Waals surface area contributed by atoms with E-state index < -0.39 is 0 Å². The summed E-state index contributed by atoms with van der Waals surface area (Å²) in [7, 11) is 0. The summed E-state index contributed by atoms with van der Waals surface area (Å²) in [4.78, 5) is 5.89. The van der Waals surface area contributed by atoms with Gasteiger partial charge in [-0.15, -0.1) is 23.1 Å². The monoisotopic (exact) mass is 262 g/mol. The van der Waals surface area contributed by atoms with E-state index >= 15 is 0 Å². The van der Waals surface area contributed by atoms with Crippen LogP contribution in [0.4, 0.5) is 0 Å². The molecule has 4 heteroatoms. The summed E-state index contributed by atoms with van der Waals surface area (Å²) in [5.41, 5.74) is 8.54. The van der Waals surface area contributed by atoms with Gasteiger partial charge in [-0.1, -0.05) is 18.2 Å². The van der Waals surface area contributed by atoms with E-state index in [0.29, 0.717) is 0 Å².